The summed E-state index contributed by atoms with van der Waals surface area (Å²) in [6, 6.07) is 11.1. The summed E-state index contributed by atoms with van der Waals surface area (Å²) >= 11 is 0. The molecule has 1 fully saturated rings. The number of nitrogens with zero attached hydrogens (tertiary/aromatic N) is 6. The van der Waals surface area contributed by atoms with E-state index < -0.39 is 23.5 Å². The zero-order valence-electron chi connectivity index (χ0n) is 23.0. The average Bonchev–Trinajstić information content (AvgIpc) is 3.61. The lowest BCUT2D eigenvalue weighted by Crippen LogP contribution is -2.28. The minimum atomic E-state index is -4.96. The quantitative estimate of drug-likeness (QED) is 0.220. The number of aromatic nitrogens is 5. The zero-order valence-corrected chi connectivity index (χ0v) is 23.0. The molecule has 1 aliphatic carbocycles. The van der Waals surface area contributed by atoms with E-state index in [4.69, 9.17) is 10.7 Å². The summed E-state index contributed by atoms with van der Waals surface area (Å²) in [5.74, 6) is 0.627. The molecule has 1 aliphatic rings. The van der Waals surface area contributed by atoms with E-state index in [1.165, 1.54) is 17.5 Å². The Morgan fingerprint density at radius 3 is 2.21 bits per heavy atom. The molecule has 2 heterocycles. The normalized spacial score (nSPS) is 15.4. The van der Waals surface area contributed by atoms with Gasteiger partial charge in [0.15, 0.2) is 0 Å². The van der Waals surface area contributed by atoms with Crippen molar-refractivity contribution in [3.8, 4) is 0 Å². The van der Waals surface area contributed by atoms with E-state index in [0.717, 1.165) is 53.6 Å². The lowest BCUT2D eigenvalue weighted by molar-refractivity contribution is -0.143. The second-order valence-corrected chi connectivity index (χ2v) is 10.9. The summed E-state index contributed by atoms with van der Waals surface area (Å²) in [4.78, 5) is 6.55. The molecular weight excluding hydrogens is 560 g/mol. The highest BCUT2D eigenvalue weighted by molar-refractivity contribution is 5.79. The minimum Gasteiger partial charge on any atom is -0.331 e. The Hall–Kier alpha value is -3.74. The summed E-state index contributed by atoms with van der Waals surface area (Å²) in [6.07, 6.45) is -4.49. The highest BCUT2D eigenvalue weighted by Crippen LogP contribution is 2.38. The lowest BCUT2D eigenvalue weighted by Gasteiger charge is -2.27. The van der Waals surface area contributed by atoms with Crippen LogP contribution in [0.2, 0.25) is 0 Å². The van der Waals surface area contributed by atoms with Gasteiger partial charge in [-0.1, -0.05) is 49.0 Å². The third-order valence-corrected chi connectivity index (χ3v) is 7.86. The van der Waals surface area contributed by atoms with Gasteiger partial charge < -0.3 is 10.6 Å². The number of alkyl halides is 6. The lowest BCUT2D eigenvalue weighted by atomic mass is 9.88. The number of para-hydroxylation sites is 1. The smallest absolute Gasteiger partial charge is 0.331 e. The Morgan fingerprint density at radius 2 is 1.62 bits per heavy atom. The third kappa shape index (κ3) is 6.66. The average molecular weight is 592 g/mol. The predicted octanol–water partition coefficient (Wildman–Crippen LogP) is 6.63. The number of pyridine rings is 1. The van der Waals surface area contributed by atoms with Gasteiger partial charge in [0.1, 0.15) is 0 Å². The SMILES string of the molecule is Cn1nnnc1N(Cc1cc(C(F)(F)F)cc(C(F)(F)F)c1)Cc1cc2ccccc2nc1C(CN)CC1CCCC1. The Bertz CT molecular complexity index is 1490. The fourth-order valence-corrected chi connectivity index (χ4v) is 5.85. The highest BCUT2D eigenvalue weighted by Gasteiger charge is 2.37. The Labute approximate surface area is 238 Å². The van der Waals surface area contributed by atoms with Gasteiger partial charge in [-0.3, -0.25) is 4.98 Å². The molecule has 0 bridgehead atoms. The van der Waals surface area contributed by atoms with Crippen molar-refractivity contribution in [2.24, 2.45) is 18.7 Å². The van der Waals surface area contributed by atoms with E-state index in [1.807, 2.05) is 30.3 Å². The molecule has 2 aromatic heterocycles. The van der Waals surface area contributed by atoms with Crippen molar-refractivity contribution < 1.29 is 26.3 Å². The van der Waals surface area contributed by atoms with E-state index in [-0.39, 0.29) is 36.6 Å². The highest BCUT2D eigenvalue weighted by atomic mass is 19.4. The third-order valence-electron chi connectivity index (χ3n) is 7.86. The van der Waals surface area contributed by atoms with Crippen molar-refractivity contribution in [3.63, 3.8) is 0 Å². The topological polar surface area (TPSA) is 85.8 Å². The molecule has 2 N–H and O–H groups in total. The van der Waals surface area contributed by atoms with E-state index in [0.29, 0.717) is 12.5 Å². The van der Waals surface area contributed by atoms with Gasteiger partial charge in [0, 0.05) is 38.0 Å². The molecule has 0 amide bonds. The molecule has 7 nitrogen and oxygen atoms in total. The van der Waals surface area contributed by atoms with E-state index in [1.54, 1.807) is 11.9 Å². The van der Waals surface area contributed by atoms with Crippen LogP contribution in [0.3, 0.4) is 0 Å². The number of fused-ring (bicyclic) bond motifs is 1. The Balaban J connectivity index is 1.58. The molecule has 13 heteroatoms. The van der Waals surface area contributed by atoms with Gasteiger partial charge in [-0.2, -0.15) is 26.3 Å². The number of nitrogens with two attached hydrogens (primary N) is 1. The number of tetrazole rings is 1. The molecule has 2 aromatic carbocycles. The van der Waals surface area contributed by atoms with Gasteiger partial charge in [-0.05, 0) is 64.2 Å². The molecule has 0 radical (unpaired) electrons. The van der Waals surface area contributed by atoms with Gasteiger partial charge in [0.05, 0.1) is 22.3 Å². The van der Waals surface area contributed by atoms with Crippen LogP contribution in [0.15, 0.2) is 48.5 Å². The number of anilines is 1. The first kappa shape index (κ1) is 29.7. The van der Waals surface area contributed by atoms with Crippen LogP contribution in [0.5, 0.6) is 0 Å². The summed E-state index contributed by atoms with van der Waals surface area (Å²) < 4.78 is 83.0. The first-order valence-corrected chi connectivity index (χ1v) is 13.8. The van der Waals surface area contributed by atoms with Crippen molar-refractivity contribution in [3.05, 3.63) is 76.5 Å². The van der Waals surface area contributed by atoms with Crippen LogP contribution < -0.4 is 10.6 Å². The molecular formula is C29H31F6N7. The number of hydrogen-bond donors (Lipinski definition) is 1. The van der Waals surface area contributed by atoms with Gasteiger partial charge in [0.25, 0.3) is 0 Å². The maximum atomic E-state index is 13.6. The number of aryl methyl sites for hydroxylation is 1. The van der Waals surface area contributed by atoms with Crippen molar-refractivity contribution >= 4 is 16.9 Å². The zero-order chi connectivity index (χ0) is 30.1. The van der Waals surface area contributed by atoms with Crippen LogP contribution in [0.25, 0.3) is 10.9 Å². The summed E-state index contributed by atoms with van der Waals surface area (Å²) in [5, 5.41) is 12.4. The number of halogens is 6. The number of benzene rings is 2. The molecule has 5 rings (SSSR count). The molecule has 1 saturated carbocycles. The van der Waals surface area contributed by atoms with Crippen LogP contribution in [0, 0.1) is 5.92 Å². The fraction of sp³-hybridized carbons (Fsp3) is 0.448. The molecule has 42 heavy (non-hydrogen) atoms. The minimum absolute atomic E-state index is 0.0717. The van der Waals surface area contributed by atoms with E-state index >= 15 is 0 Å². The van der Waals surface area contributed by atoms with Gasteiger partial charge in [0.2, 0.25) is 5.95 Å². The van der Waals surface area contributed by atoms with Crippen LogP contribution in [-0.2, 0) is 32.5 Å². The van der Waals surface area contributed by atoms with E-state index in [2.05, 4.69) is 15.5 Å². The first-order chi connectivity index (χ1) is 19.9. The molecule has 0 saturated heterocycles. The fourth-order valence-electron chi connectivity index (χ4n) is 5.85. The predicted molar refractivity (Wildman–Crippen MR) is 145 cm³/mol. The molecule has 1 unspecified atom stereocenters. The molecule has 0 spiro atoms. The Morgan fingerprint density at radius 1 is 0.952 bits per heavy atom. The van der Waals surface area contributed by atoms with Crippen molar-refractivity contribution in [2.45, 2.75) is 63.5 Å². The molecule has 1 atom stereocenters. The van der Waals surface area contributed by atoms with Crippen LogP contribution >= 0.6 is 0 Å². The molecule has 224 valence electrons. The maximum Gasteiger partial charge on any atom is 0.416 e. The van der Waals surface area contributed by atoms with Crippen molar-refractivity contribution in [1.82, 2.24) is 25.2 Å². The second-order valence-electron chi connectivity index (χ2n) is 10.9. The summed E-state index contributed by atoms with van der Waals surface area (Å²) in [5.41, 5.74) is 5.64. The largest absolute Gasteiger partial charge is 0.416 e. The van der Waals surface area contributed by atoms with Gasteiger partial charge in [-0.15, -0.1) is 0 Å². The van der Waals surface area contributed by atoms with Crippen LogP contribution in [0.4, 0.5) is 32.3 Å². The standard InChI is InChI=1S/C29H31F6N7/c1-41-27(38-39-40-41)42(16-19-11-23(28(30,31)32)14-24(12-19)29(33,34)35)17-22-13-20-8-4-5-9-25(20)37-26(22)21(15-36)10-18-6-2-3-7-18/h4-5,8-9,11-14,18,21H,2-3,6-7,10,15-17,36H2,1H3. The number of hydrogen-bond acceptors (Lipinski definition) is 6. The molecule has 4 aromatic rings. The summed E-state index contributed by atoms with van der Waals surface area (Å²) in [6.45, 7) is 0.118. The van der Waals surface area contributed by atoms with Gasteiger partial charge >= 0.3 is 12.4 Å². The second kappa shape index (κ2) is 11.9. The monoisotopic (exact) mass is 591 g/mol. The first-order valence-electron chi connectivity index (χ1n) is 13.8. The summed E-state index contributed by atoms with van der Waals surface area (Å²) in [7, 11) is 1.55. The van der Waals surface area contributed by atoms with Crippen LogP contribution in [-0.4, -0.2) is 31.7 Å². The van der Waals surface area contributed by atoms with Crippen LogP contribution in [0.1, 0.15) is 66.0 Å². The van der Waals surface area contributed by atoms with Crippen molar-refractivity contribution in [1.29, 1.82) is 0 Å². The van der Waals surface area contributed by atoms with Gasteiger partial charge in [-0.25, -0.2) is 4.68 Å². The van der Waals surface area contributed by atoms with Crippen molar-refractivity contribution in [2.75, 3.05) is 11.4 Å². The Kier molecular flexibility index (Phi) is 8.40. The van der Waals surface area contributed by atoms with E-state index in [9.17, 15) is 26.3 Å². The number of rotatable bonds is 9. The molecule has 0 aliphatic heterocycles. The maximum absolute atomic E-state index is 13.6.